The van der Waals surface area contributed by atoms with Gasteiger partial charge in [-0.1, -0.05) is 42.5 Å². The van der Waals surface area contributed by atoms with E-state index in [9.17, 15) is 0 Å². The summed E-state index contributed by atoms with van der Waals surface area (Å²) in [6, 6.07) is 27.1. The van der Waals surface area contributed by atoms with Crippen molar-refractivity contribution in [2.75, 3.05) is 19.0 Å². The first-order chi connectivity index (χ1) is 12.8. The molecular weight excluding hydrogens is 322 g/mol. The van der Waals surface area contributed by atoms with Gasteiger partial charge in [0.05, 0.1) is 19.8 Å². The van der Waals surface area contributed by atoms with Crippen LogP contribution in [0.15, 0.2) is 78.9 Å². The first-order valence-corrected chi connectivity index (χ1v) is 8.95. The van der Waals surface area contributed by atoms with Crippen molar-refractivity contribution in [3.05, 3.63) is 90.0 Å². The molecule has 3 aromatic carbocycles. The Bertz CT molecular complexity index is 783. The maximum absolute atomic E-state index is 5.53. The lowest BCUT2D eigenvalue weighted by Crippen LogP contribution is -2.13. The number of nitrogens with one attached hydrogen (secondary N) is 1. The molecule has 1 atom stereocenters. The second-order valence-corrected chi connectivity index (χ2v) is 6.12. The zero-order chi connectivity index (χ0) is 18.2. The molecule has 0 bridgehead atoms. The van der Waals surface area contributed by atoms with Gasteiger partial charge in [0.1, 0.15) is 11.5 Å². The Labute approximate surface area is 155 Å². The van der Waals surface area contributed by atoms with Crippen LogP contribution in [0.25, 0.3) is 0 Å². The molecule has 0 aliphatic carbocycles. The van der Waals surface area contributed by atoms with Crippen LogP contribution >= 0.6 is 0 Å². The van der Waals surface area contributed by atoms with Gasteiger partial charge in [-0.15, -0.1) is 0 Å². The van der Waals surface area contributed by atoms with Crippen LogP contribution in [0.3, 0.4) is 0 Å². The van der Waals surface area contributed by atoms with E-state index in [4.69, 9.17) is 9.47 Å². The van der Waals surface area contributed by atoms with Crippen LogP contribution in [0.4, 0.5) is 5.69 Å². The van der Waals surface area contributed by atoms with E-state index in [1.54, 1.807) is 7.11 Å². The molecule has 3 nitrogen and oxygen atoms in total. The molecule has 134 valence electrons. The molecule has 0 heterocycles. The molecule has 0 spiro atoms. The van der Waals surface area contributed by atoms with Gasteiger partial charge < -0.3 is 14.8 Å². The Morgan fingerprint density at radius 2 is 1.46 bits per heavy atom. The number of anilines is 1. The molecule has 0 amide bonds. The molecule has 0 saturated carbocycles. The Hall–Kier alpha value is -2.94. The van der Waals surface area contributed by atoms with Crippen molar-refractivity contribution >= 4 is 5.69 Å². The van der Waals surface area contributed by atoms with Gasteiger partial charge in [0, 0.05) is 5.69 Å². The SMILES string of the molecule is CCOc1ccc(NC(Cc2ccccc2)c2ccc(OC)cc2)cc1. The maximum Gasteiger partial charge on any atom is 0.119 e. The first kappa shape index (κ1) is 17.9. The largest absolute Gasteiger partial charge is 0.497 e. The van der Waals surface area contributed by atoms with Gasteiger partial charge in [-0.3, -0.25) is 0 Å². The highest BCUT2D eigenvalue weighted by atomic mass is 16.5. The highest BCUT2D eigenvalue weighted by Crippen LogP contribution is 2.26. The van der Waals surface area contributed by atoms with Crippen molar-refractivity contribution < 1.29 is 9.47 Å². The smallest absolute Gasteiger partial charge is 0.119 e. The third kappa shape index (κ3) is 4.79. The van der Waals surface area contributed by atoms with E-state index in [1.165, 1.54) is 11.1 Å². The fourth-order valence-electron chi connectivity index (χ4n) is 2.95. The quantitative estimate of drug-likeness (QED) is 0.584. The van der Waals surface area contributed by atoms with Crippen LogP contribution in [-0.4, -0.2) is 13.7 Å². The number of hydrogen-bond donors (Lipinski definition) is 1. The summed E-state index contributed by atoms with van der Waals surface area (Å²) in [7, 11) is 1.69. The molecule has 0 aliphatic rings. The lowest BCUT2D eigenvalue weighted by Gasteiger charge is -2.21. The van der Waals surface area contributed by atoms with Gasteiger partial charge in [0.25, 0.3) is 0 Å². The molecule has 0 fully saturated rings. The van der Waals surface area contributed by atoms with Crippen LogP contribution in [-0.2, 0) is 6.42 Å². The summed E-state index contributed by atoms with van der Waals surface area (Å²) in [5.41, 5.74) is 3.60. The Morgan fingerprint density at radius 3 is 2.08 bits per heavy atom. The van der Waals surface area contributed by atoms with Crippen molar-refractivity contribution in [3.8, 4) is 11.5 Å². The number of hydrogen-bond acceptors (Lipinski definition) is 3. The standard InChI is InChI=1S/C23H25NO2/c1-3-26-22-15-11-20(12-16-22)24-23(17-18-7-5-4-6-8-18)19-9-13-21(25-2)14-10-19/h4-16,23-24H,3,17H2,1-2H3. The average Bonchev–Trinajstić information content (AvgIpc) is 2.70. The number of ether oxygens (including phenoxy) is 2. The first-order valence-electron chi connectivity index (χ1n) is 8.95. The number of methoxy groups -OCH3 is 1. The number of benzene rings is 3. The van der Waals surface area contributed by atoms with Gasteiger partial charge in [-0.05, 0) is 60.9 Å². The summed E-state index contributed by atoms with van der Waals surface area (Å²) in [5.74, 6) is 1.76. The Kier molecular flexibility index (Phi) is 6.15. The van der Waals surface area contributed by atoms with Crippen LogP contribution in [0.1, 0.15) is 24.1 Å². The predicted molar refractivity (Wildman–Crippen MR) is 107 cm³/mol. The van der Waals surface area contributed by atoms with E-state index < -0.39 is 0 Å². The van der Waals surface area contributed by atoms with Gasteiger partial charge in [0.15, 0.2) is 0 Å². The van der Waals surface area contributed by atoms with Crippen molar-refractivity contribution in [3.63, 3.8) is 0 Å². The molecule has 0 radical (unpaired) electrons. The van der Waals surface area contributed by atoms with E-state index in [1.807, 2.05) is 37.3 Å². The predicted octanol–water partition coefficient (Wildman–Crippen LogP) is 5.49. The van der Waals surface area contributed by atoms with Crippen molar-refractivity contribution in [1.82, 2.24) is 0 Å². The third-order valence-electron chi connectivity index (χ3n) is 4.31. The third-order valence-corrected chi connectivity index (χ3v) is 4.31. The fraction of sp³-hybridized carbons (Fsp3) is 0.217. The lowest BCUT2D eigenvalue weighted by molar-refractivity contribution is 0.340. The van der Waals surface area contributed by atoms with E-state index >= 15 is 0 Å². The second kappa shape index (κ2) is 8.95. The van der Waals surface area contributed by atoms with Gasteiger partial charge >= 0.3 is 0 Å². The molecule has 0 saturated heterocycles. The highest BCUT2D eigenvalue weighted by molar-refractivity contribution is 5.49. The molecule has 0 aromatic heterocycles. The van der Waals surface area contributed by atoms with Gasteiger partial charge in [-0.25, -0.2) is 0 Å². The molecule has 3 rings (SSSR count). The number of rotatable bonds is 8. The van der Waals surface area contributed by atoms with Gasteiger partial charge in [-0.2, -0.15) is 0 Å². The summed E-state index contributed by atoms with van der Waals surface area (Å²) in [6.07, 6.45) is 0.903. The van der Waals surface area contributed by atoms with E-state index in [2.05, 4.69) is 53.8 Å². The average molecular weight is 347 g/mol. The molecule has 1 unspecified atom stereocenters. The maximum atomic E-state index is 5.53. The zero-order valence-corrected chi connectivity index (χ0v) is 15.3. The fourth-order valence-corrected chi connectivity index (χ4v) is 2.95. The topological polar surface area (TPSA) is 30.5 Å². The lowest BCUT2D eigenvalue weighted by atomic mass is 9.98. The summed E-state index contributed by atoms with van der Waals surface area (Å²) < 4.78 is 10.8. The van der Waals surface area contributed by atoms with Crippen molar-refractivity contribution in [2.24, 2.45) is 0 Å². The molecule has 1 N–H and O–H groups in total. The normalized spacial score (nSPS) is 11.6. The van der Waals surface area contributed by atoms with E-state index in [-0.39, 0.29) is 6.04 Å². The van der Waals surface area contributed by atoms with Crippen LogP contribution < -0.4 is 14.8 Å². The summed E-state index contributed by atoms with van der Waals surface area (Å²) >= 11 is 0. The van der Waals surface area contributed by atoms with Gasteiger partial charge in [0.2, 0.25) is 0 Å². The Morgan fingerprint density at radius 1 is 0.808 bits per heavy atom. The van der Waals surface area contributed by atoms with E-state index in [0.717, 1.165) is 23.6 Å². The highest BCUT2D eigenvalue weighted by Gasteiger charge is 2.13. The molecule has 0 aliphatic heterocycles. The van der Waals surface area contributed by atoms with Crippen LogP contribution in [0, 0.1) is 0 Å². The second-order valence-electron chi connectivity index (χ2n) is 6.12. The molecular formula is C23H25NO2. The summed E-state index contributed by atoms with van der Waals surface area (Å²) in [5, 5.41) is 3.65. The molecule has 26 heavy (non-hydrogen) atoms. The molecule has 3 heteroatoms. The monoisotopic (exact) mass is 347 g/mol. The van der Waals surface area contributed by atoms with Crippen LogP contribution in [0.5, 0.6) is 11.5 Å². The Balaban J connectivity index is 1.81. The minimum Gasteiger partial charge on any atom is -0.497 e. The minimum absolute atomic E-state index is 0.168. The zero-order valence-electron chi connectivity index (χ0n) is 15.3. The van der Waals surface area contributed by atoms with Crippen LogP contribution in [0.2, 0.25) is 0 Å². The molecule has 3 aromatic rings. The summed E-state index contributed by atoms with van der Waals surface area (Å²) in [4.78, 5) is 0. The minimum atomic E-state index is 0.168. The van der Waals surface area contributed by atoms with E-state index in [0.29, 0.717) is 6.61 Å². The van der Waals surface area contributed by atoms with Crippen molar-refractivity contribution in [2.45, 2.75) is 19.4 Å². The van der Waals surface area contributed by atoms with Crippen molar-refractivity contribution in [1.29, 1.82) is 0 Å². The summed E-state index contributed by atoms with van der Waals surface area (Å²) in [6.45, 7) is 2.67.